The van der Waals surface area contributed by atoms with Gasteiger partial charge in [-0.25, -0.2) is 4.79 Å². The zero-order chi connectivity index (χ0) is 17.5. The minimum atomic E-state index is -0.926. The summed E-state index contributed by atoms with van der Waals surface area (Å²) >= 11 is 0. The lowest BCUT2D eigenvalue weighted by Gasteiger charge is -2.09. The van der Waals surface area contributed by atoms with Crippen LogP contribution in [0.1, 0.15) is 22.3 Å². The molecule has 2 rings (SSSR count). The van der Waals surface area contributed by atoms with Crippen LogP contribution in [0.3, 0.4) is 0 Å². The minimum Gasteiger partial charge on any atom is -0.494 e. The molecule has 2 N–H and O–H groups in total. The molecule has 0 saturated carbocycles. The number of ether oxygens (including phenoxy) is 1. The van der Waals surface area contributed by atoms with Gasteiger partial charge in [0, 0.05) is 32.7 Å². The second-order valence-electron chi connectivity index (χ2n) is 4.93. The second kappa shape index (κ2) is 8.02. The molecule has 0 unspecified atom stereocenters. The van der Waals surface area contributed by atoms with E-state index in [-0.39, 0.29) is 6.54 Å². The first kappa shape index (κ1) is 17.4. The third kappa shape index (κ3) is 4.05. The summed E-state index contributed by atoms with van der Waals surface area (Å²) in [6, 6.07) is 3.36. The molecule has 0 aromatic carbocycles. The van der Waals surface area contributed by atoms with Crippen LogP contribution in [0.2, 0.25) is 0 Å². The summed E-state index contributed by atoms with van der Waals surface area (Å²) in [7, 11) is 1.51. The summed E-state index contributed by atoms with van der Waals surface area (Å²) < 4.78 is 5.82. The summed E-state index contributed by atoms with van der Waals surface area (Å²) in [5.41, 5.74) is -1.46. The van der Waals surface area contributed by atoms with Gasteiger partial charge in [-0.05, 0) is 30.2 Å². The van der Waals surface area contributed by atoms with Crippen molar-refractivity contribution < 1.29 is 14.6 Å². The van der Waals surface area contributed by atoms with E-state index in [9.17, 15) is 19.5 Å². The molecular weight excluding hydrogens is 314 g/mol. The molecule has 0 atom stereocenters. The molecule has 8 heteroatoms. The van der Waals surface area contributed by atoms with E-state index in [0.717, 1.165) is 10.6 Å². The van der Waals surface area contributed by atoms with Crippen molar-refractivity contribution in [2.24, 2.45) is 0 Å². The lowest BCUT2D eigenvalue weighted by Crippen LogP contribution is -2.33. The number of allylic oxidation sites excluding steroid dienone is 1. The zero-order valence-corrected chi connectivity index (χ0v) is 13.1. The molecule has 0 amide bonds. The van der Waals surface area contributed by atoms with Crippen molar-refractivity contribution in [3.8, 4) is 5.88 Å². The van der Waals surface area contributed by atoms with E-state index < -0.39 is 28.5 Å². The molecular formula is C16H17N3O5. The SMILES string of the molecule is COCCCn1c(O)c(C(=O)C=Cc2ccncc2)c(=O)[nH]c1=O. The fraction of sp³-hybridized carbons (Fsp3) is 0.250. The van der Waals surface area contributed by atoms with E-state index >= 15 is 0 Å². The molecule has 0 aliphatic rings. The smallest absolute Gasteiger partial charge is 0.331 e. The molecule has 0 bridgehead atoms. The summed E-state index contributed by atoms with van der Waals surface area (Å²) in [5.74, 6) is -1.35. The number of methoxy groups -OCH3 is 1. The Hall–Kier alpha value is -3.00. The molecule has 2 aromatic heterocycles. The first-order valence-electron chi connectivity index (χ1n) is 7.22. The van der Waals surface area contributed by atoms with E-state index in [1.807, 2.05) is 4.98 Å². The molecule has 0 aliphatic carbocycles. The Balaban J connectivity index is 2.33. The fourth-order valence-electron chi connectivity index (χ4n) is 2.09. The molecule has 2 aromatic rings. The number of hydrogen-bond acceptors (Lipinski definition) is 6. The average Bonchev–Trinajstić information content (AvgIpc) is 2.56. The molecule has 0 radical (unpaired) electrons. The molecule has 8 nitrogen and oxygen atoms in total. The number of rotatable bonds is 7. The maximum atomic E-state index is 12.2. The van der Waals surface area contributed by atoms with Gasteiger partial charge in [0.05, 0.1) is 0 Å². The lowest BCUT2D eigenvalue weighted by molar-refractivity contribution is 0.104. The largest absolute Gasteiger partial charge is 0.494 e. The van der Waals surface area contributed by atoms with Gasteiger partial charge in [0.1, 0.15) is 5.56 Å². The molecule has 126 valence electrons. The number of ketones is 1. The van der Waals surface area contributed by atoms with Crippen LogP contribution in [0.15, 0.2) is 40.2 Å². The first-order chi connectivity index (χ1) is 11.5. The van der Waals surface area contributed by atoms with Crippen molar-refractivity contribution in [1.29, 1.82) is 0 Å². The van der Waals surface area contributed by atoms with Crippen molar-refractivity contribution >= 4 is 11.9 Å². The van der Waals surface area contributed by atoms with Crippen molar-refractivity contribution in [2.45, 2.75) is 13.0 Å². The van der Waals surface area contributed by atoms with Crippen LogP contribution in [0, 0.1) is 0 Å². The van der Waals surface area contributed by atoms with Gasteiger partial charge in [0.15, 0.2) is 5.78 Å². The number of nitrogens with one attached hydrogen (secondary N) is 1. The second-order valence-corrected chi connectivity index (χ2v) is 4.93. The topological polar surface area (TPSA) is 114 Å². The highest BCUT2D eigenvalue weighted by atomic mass is 16.5. The third-order valence-corrected chi connectivity index (χ3v) is 3.28. The van der Waals surface area contributed by atoms with Crippen molar-refractivity contribution in [2.75, 3.05) is 13.7 Å². The maximum absolute atomic E-state index is 12.2. The van der Waals surface area contributed by atoms with Crippen LogP contribution >= 0.6 is 0 Å². The van der Waals surface area contributed by atoms with E-state index in [0.29, 0.717) is 18.6 Å². The number of H-pyrrole nitrogens is 1. The minimum absolute atomic E-state index is 0.115. The van der Waals surface area contributed by atoms with Crippen molar-refractivity contribution in [1.82, 2.24) is 14.5 Å². The van der Waals surface area contributed by atoms with Crippen LogP contribution in [0.4, 0.5) is 0 Å². The van der Waals surface area contributed by atoms with Gasteiger partial charge in [-0.3, -0.25) is 24.1 Å². The number of aromatic nitrogens is 3. The van der Waals surface area contributed by atoms with E-state index in [1.165, 1.54) is 13.2 Å². The number of nitrogens with zero attached hydrogens (tertiary/aromatic N) is 2. The highest BCUT2D eigenvalue weighted by Gasteiger charge is 2.18. The predicted molar refractivity (Wildman–Crippen MR) is 87.1 cm³/mol. The molecule has 0 aliphatic heterocycles. The van der Waals surface area contributed by atoms with Crippen molar-refractivity contribution in [3.05, 3.63) is 62.6 Å². The Kier molecular flexibility index (Phi) is 5.80. The number of hydrogen-bond donors (Lipinski definition) is 2. The van der Waals surface area contributed by atoms with Crippen LogP contribution in [0.25, 0.3) is 6.08 Å². The monoisotopic (exact) mass is 331 g/mol. The number of carbonyl (C=O) groups excluding carboxylic acids is 1. The van der Waals surface area contributed by atoms with E-state index in [1.54, 1.807) is 24.5 Å². The molecule has 0 spiro atoms. The van der Waals surface area contributed by atoms with Gasteiger partial charge >= 0.3 is 5.69 Å². The van der Waals surface area contributed by atoms with Crippen LogP contribution in [-0.4, -0.2) is 39.1 Å². The highest BCUT2D eigenvalue weighted by Crippen LogP contribution is 2.12. The van der Waals surface area contributed by atoms with Gasteiger partial charge in [0.2, 0.25) is 5.88 Å². The molecule has 24 heavy (non-hydrogen) atoms. The molecule has 2 heterocycles. The Labute approximate surface area is 137 Å². The normalized spacial score (nSPS) is 11.0. The zero-order valence-electron chi connectivity index (χ0n) is 13.1. The lowest BCUT2D eigenvalue weighted by atomic mass is 10.1. The van der Waals surface area contributed by atoms with Gasteiger partial charge < -0.3 is 9.84 Å². The third-order valence-electron chi connectivity index (χ3n) is 3.28. The fourth-order valence-corrected chi connectivity index (χ4v) is 2.09. The van der Waals surface area contributed by atoms with Crippen molar-refractivity contribution in [3.63, 3.8) is 0 Å². The van der Waals surface area contributed by atoms with E-state index in [4.69, 9.17) is 4.74 Å². The number of aromatic amines is 1. The number of pyridine rings is 1. The van der Waals surface area contributed by atoms with Gasteiger partial charge in [-0.1, -0.05) is 6.08 Å². The first-order valence-corrected chi connectivity index (χ1v) is 7.22. The van der Waals surface area contributed by atoms with Crippen LogP contribution in [0.5, 0.6) is 5.88 Å². The summed E-state index contributed by atoms with van der Waals surface area (Å²) in [4.78, 5) is 41.8. The van der Waals surface area contributed by atoms with Crippen LogP contribution < -0.4 is 11.2 Å². The Morgan fingerprint density at radius 3 is 2.75 bits per heavy atom. The standard InChI is InChI=1S/C16H17N3O5/c1-24-10-2-9-19-15(22)13(14(21)18-16(19)23)12(20)4-3-11-5-7-17-8-6-11/h3-8,22H,2,9-10H2,1H3,(H,18,21,23). The van der Waals surface area contributed by atoms with Gasteiger partial charge in [-0.15, -0.1) is 0 Å². The molecule has 0 saturated heterocycles. The van der Waals surface area contributed by atoms with Gasteiger partial charge in [-0.2, -0.15) is 0 Å². The summed E-state index contributed by atoms with van der Waals surface area (Å²) in [6.07, 6.45) is 6.21. The maximum Gasteiger partial charge on any atom is 0.331 e. The quantitative estimate of drug-likeness (QED) is 0.435. The highest BCUT2D eigenvalue weighted by molar-refractivity contribution is 6.07. The van der Waals surface area contributed by atoms with Gasteiger partial charge in [0.25, 0.3) is 5.56 Å². The number of aromatic hydroxyl groups is 1. The van der Waals surface area contributed by atoms with E-state index in [2.05, 4.69) is 4.98 Å². The Bertz CT molecular complexity index is 852. The Morgan fingerprint density at radius 2 is 2.08 bits per heavy atom. The molecule has 0 fully saturated rings. The predicted octanol–water partition coefficient (Wildman–Crippen LogP) is 0.570. The number of carbonyl (C=O) groups is 1. The van der Waals surface area contributed by atoms with Crippen LogP contribution in [-0.2, 0) is 11.3 Å². The summed E-state index contributed by atoms with van der Waals surface area (Å²) in [6.45, 7) is 0.486. The summed E-state index contributed by atoms with van der Waals surface area (Å²) in [5, 5.41) is 10.2. The Morgan fingerprint density at radius 1 is 1.38 bits per heavy atom. The average molecular weight is 331 g/mol.